The van der Waals surface area contributed by atoms with Gasteiger partial charge in [-0.25, -0.2) is 13.6 Å². The van der Waals surface area contributed by atoms with Crippen molar-refractivity contribution in [3.8, 4) is 5.75 Å². The van der Waals surface area contributed by atoms with Crippen molar-refractivity contribution >= 4 is 11.8 Å². The average molecular weight is 244 g/mol. The van der Waals surface area contributed by atoms with Gasteiger partial charge in [0.15, 0.2) is 11.6 Å². The summed E-state index contributed by atoms with van der Waals surface area (Å²) in [6.07, 6.45) is -0.612. The molecule has 0 bridgehead atoms. The zero-order chi connectivity index (χ0) is 13.0. The zero-order valence-electron chi connectivity index (χ0n) is 9.25. The smallest absolute Gasteiger partial charge is 0.374 e. The van der Waals surface area contributed by atoms with E-state index in [0.717, 1.165) is 13.2 Å². The van der Waals surface area contributed by atoms with Crippen molar-refractivity contribution in [1.82, 2.24) is 0 Å². The molecular formula is C11H10F2O4. The van der Waals surface area contributed by atoms with Gasteiger partial charge in [0.1, 0.15) is 5.75 Å². The molecular weight excluding hydrogens is 234 g/mol. The lowest BCUT2D eigenvalue weighted by Crippen LogP contribution is -2.19. The Balaban J connectivity index is 3.08. The number of halogens is 2. The minimum Gasteiger partial charge on any atom is -0.496 e. The van der Waals surface area contributed by atoms with E-state index in [1.54, 1.807) is 0 Å². The Kier molecular flexibility index (Phi) is 4.14. The van der Waals surface area contributed by atoms with Gasteiger partial charge in [-0.1, -0.05) is 0 Å². The van der Waals surface area contributed by atoms with Crippen molar-refractivity contribution in [2.75, 3.05) is 14.2 Å². The second kappa shape index (κ2) is 5.38. The number of Topliss-reactive ketones (excluding diaryl/α,β-unsaturated/α-hetero) is 1. The molecule has 0 N–H and O–H groups in total. The van der Waals surface area contributed by atoms with E-state index < -0.39 is 29.8 Å². The monoisotopic (exact) mass is 244 g/mol. The number of rotatable bonds is 4. The molecule has 6 heteroatoms. The van der Waals surface area contributed by atoms with Crippen LogP contribution < -0.4 is 4.74 Å². The summed E-state index contributed by atoms with van der Waals surface area (Å²) in [6, 6.07) is 2.05. The van der Waals surface area contributed by atoms with Crippen LogP contribution in [0.1, 0.15) is 5.56 Å². The van der Waals surface area contributed by atoms with Crippen LogP contribution in [0.2, 0.25) is 0 Å². The molecule has 0 saturated heterocycles. The molecule has 17 heavy (non-hydrogen) atoms. The first-order valence-corrected chi connectivity index (χ1v) is 4.63. The minimum atomic E-state index is -1.21. The standard InChI is InChI=1S/C11H10F2O4/c1-16-9-4-3-7(12)10(13)6(9)5-8(14)11(15)17-2/h3-4H,5H2,1-2H3. The van der Waals surface area contributed by atoms with Crippen molar-refractivity contribution in [3.63, 3.8) is 0 Å². The maximum atomic E-state index is 13.4. The highest BCUT2D eigenvalue weighted by Crippen LogP contribution is 2.24. The lowest BCUT2D eigenvalue weighted by Gasteiger charge is -2.08. The van der Waals surface area contributed by atoms with Gasteiger partial charge in [-0.05, 0) is 12.1 Å². The van der Waals surface area contributed by atoms with Crippen LogP contribution in [0.15, 0.2) is 12.1 Å². The average Bonchev–Trinajstić information content (AvgIpc) is 2.34. The Labute approximate surface area is 96.1 Å². The fourth-order valence-corrected chi connectivity index (χ4v) is 1.28. The number of carbonyl (C=O) groups is 2. The van der Waals surface area contributed by atoms with Gasteiger partial charge in [-0.3, -0.25) is 4.79 Å². The molecule has 92 valence electrons. The Morgan fingerprint density at radius 3 is 2.41 bits per heavy atom. The Bertz CT molecular complexity index is 457. The van der Waals surface area contributed by atoms with Crippen LogP contribution in [0.3, 0.4) is 0 Å². The van der Waals surface area contributed by atoms with Crippen molar-refractivity contribution < 1.29 is 27.8 Å². The molecule has 1 aromatic rings. The fraction of sp³-hybridized carbons (Fsp3) is 0.273. The molecule has 1 rings (SSSR count). The Morgan fingerprint density at radius 2 is 1.88 bits per heavy atom. The summed E-state index contributed by atoms with van der Waals surface area (Å²) in [6.45, 7) is 0. The largest absolute Gasteiger partial charge is 0.496 e. The predicted octanol–water partition coefficient (Wildman–Crippen LogP) is 1.26. The molecule has 0 heterocycles. The highest BCUT2D eigenvalue weighted by Gasteiger charge is 2.21. The SMILES string of the molecule is COC(=O)C(=O)Cc1c(OC)ccc(F)c1F. The van der Waals surface area contributed by atoms with Gasteiger partial charge in [-0.2, -0.15) is 0 Å². The molecule has 1 aromatic carbocycles. The Hall–Kier alpha value is -1.98. The number of methoxy groups -OCH3 is 2. The van der Waals surface area contributed by atoms with E-state index in [1.807, 2.05) is 0 Å². The van der Waals surface area contributed by atoms with Gasteiger partial charge in [-0.15, -0.1) is 0 Å². The van der Waals surface area contributed by atoms with Crippen LogP contribution in [-0.4, -0.2) is 26.0 Å². The second-order valence-electron chi connectivity index (χ2n) is 3.13. The van der Waals surface area contributed by atoms with Crippen LogP contribution >= 0.6 is 0 Å². The molecule has 0 amide bonds. The van der Waals surface area contributed by atoms with Gasteiger partial charge < -0.3 is 9.47 Å². The zero-order valence-corrected chi connectivity index (χ0v) is 9.25. The molecule has 0 atom stereocenters. The summed E-state index contributed by atoms with van der Waals surface area (Å²) in [5, 5.41) is 0. The lowest BCUT2D eigenvalue weighted by molar-refractivity contribution is -0.151. The first kappa shape index (κ1) is 13.1. The molecule has 0 spiro atoms. The van der Waals surface area contributed by atoms with E-state index in [0.29, 0.717) is 0 Å². The van der Waals surface area contributed by atoms with Gasteiger partial charge in [0, 0.05) is 12.0 Å². The number of hydrogen-bond acceptors (Lipinski definition) is 4. The fourth-order valence-electron chi connectivity index (χ4n) is 1.28. The van der Waals surface area contributed by atoms with Crippen molar-refractivity contribution in [2.24, 2.45) is 0 Å². The summed E-state index contributed by atoms with van der Waals surface area (Å²) in [7, 11) is 2.28. The summed E-state index contributed by atoms with van der Waals surface area (Å²) in [5.41, 5.74) is -0.303. The second-order valence-corrected chi connectivity index (χ2v) is 3.13. The quantitative estimate of drug-likeness (QED) is 0.591. The summed E-state index contributed by atoms with van der Waals surface area (Å²) in [4.78, 5) is 22.1. The summed E-state index contributed by atoms with van der Waals surface area (Å²) in [5.74, 6) is -4.41. The first-order valence-electron chi connectivity index (χ1n) is 4.63. The molecule has 0 fully saturated rings. The predicted molar refractivity (Wildman–Crippen MR) is 53.6 cm³/mol. The van der Waals surface area contributed by atoms with E-state index >= 15 is 0 Å². The normalized spacial score (nSPS) is 9.88. The number of benzene rings is 1. The van der Waals surface area contributed by atoms with E-state index in [1.165, 1.54) is 13.2 Å². The molecule has 0 aromatic heterocycles. The number of ether oxygens (including phenoxy) is 2. The minimum absolute atomic E-state index is 0.00107. The van der Waals surface area contributed by atoms with Gasteiger partial charge in [0.25, 0.3) is 0 Å². The highest BCUT2D eigenvalue weighted by atomic mass is 19.2. The molecule has 0 saturated carbocycles. The van der Waals surface area contributed by atoms with Gasteiger partial charge in [0.05, 0.1) is 14.2 Å². The third kappa shape index (κ3) is 2.77. The van der Waals surface area contributed by atoms with Crippen LogP contribution in [0.25, 0.3) is 0 Å². The van der Waals surface area contributed by atoms with Crippen LogP contribution in [0.5, 0.6) is 5.75 Å². The molecule has 4 nitrogen and oxygen atoms in total. The van der Waals surface area contributed by atoms with Crippen molar-refractivity contribution in [3.05, 3.63) is 29.3 Å². The van der Waals surface area contributed by atoms with E-state index in [-0.39, 0.29) is 11.3 Å². The van der Waals surface area contributed by atoms with E-state index in [4.69, 9.17) is 4.74 Å². The number of ketones is 1. The number of hydrogen-bond donors (Lipinski definition) is 0. The number of carbonyl (C=O) groups excluding carboxylic acids is 2. The van der Waals surface area contributed by atoms with Gasteiger partial charge in [0.2, 0.25) is 5.78 Å². The number of esters is 1. The topological polar surface area (TPSA) is 52.6 Å². The molecule has 0 radical (unpaired) electrons. The van der Waals surface area contributed by atoms with E-state index in [9.17, 15) is 18.4 Å². The first-order chi connectivity index (χ1) is 8.01. The lowest BCUT2D eigenvalue weighted by atomic mass is 10.1. The van der Waals surface area contributed by atoms with Crippen molar-refractivity contribution in [2.45, 2.75) is 6.42 Å². The molecule has 0 aliphatic carbocycles. The molecule has 0 aliphatic rings. The van der Waals surface area contributed by atoms with Crippen LogP contribution in [0.4, 0.5) is 8.78 Å². The summed E-state index contributed by atoms with van der Waals surface area (Å²) >= 11 is 0. The highest BCUT2D eigenvalue weighted by molar-refractivity contribution is 6.34. The van der Waals surface area contributed by atoms with Crippen molar-refractivity contribution in [1.29, 1.82) is 0 Å². The summed E-state index contributed by atoms with van der Waals surface area (Å²) < 4.78 is 35.4. The third-order valence-electron chi connectivity index (χ3n) is 2.12. The Morgan fingerprint density at radius 1 is 1.24 bits per heavy atom. The molecule has 0 aliphatic heterocycles. The maximum Gasteiger partial charge on any atom is 0.374 e. The van der Waals surface area contributed by atoms with E-state index in [2.05, 4.69) is 4.74 Å². The van der Waals surface area contributed by atoms with Crippen LogP contribution in [-0.2, 0) is 20.7 Å². The third-order valence-corrected chi connectivity index (χ3v) is 2.12. The molecule has 0 unspecified atom stereocenters. The van der Waals surface area contributed by atoms with Crippen LogP contribution in [0, 0.1) is 11.6 Å². The maximum absolute atomic E-state index is 13.4. The van der Waals surface area contributed by atoms with Gasteiger partial charge >= 0.3 is 5.97 Å².